The molecule has 0 bridgehead atoms. The standard InChI is InChI=1S/C9H12N2O3/c1-7(12)5-14-6-8-10-4-3-9(11-8)13-2/h3-4H,5-6H2,1-2H3. The molecule has 5 heteroatoms. The van der Waals surface area contributed by atoms with Crippen LogP contribution in [0, 0.1) is 0 Å². The maximum atomic E-state index is 10.6. The summed E-state index contributed by atoms with van der Waals surface area (Å²) in [5.41, 5.74) is 0. The molecule has 0 spiro atoms. The van der Waals surface area contributed by atoms with Gasteiger partial charge in [-0.05, 0) is 6.92 Å². The lowest BCUT2D eigenvalue weighted by Crippen LogP contribution is -2.06. The fourth-order valence-electron chi connectivity index (χ4n) is 0.850. The molecule has 0 fully saturated rings. The van der Waals surface area contributed by atoms with Crippen LogP contribution in [0.15, 0.2) is 12.3 Å². The summed E-state index contributed by atoms with van der Waals surface area (Å²) >= 11 is 0. The SMILES string of the molecule is COc1ccnc(COCC(C)=O)n1. The predicted octanol–water partition coefficient (Wildman–Crippen LogP) is 0.591. The average molecular weight is 196 g/mol. The Balaban J connectivity index is 2.46. The molecule has 0 saturated carbocycles. The van der Waals surface area contributed by atoms with Gasteiger partial charge in [-0.15, -0.1) is 0 Å². The summed E-state index contributed by atoms with van der Waals surface area (Å²) in [4.78, 5) is 18.5. The van der Waals surface area contributed by atoms with Gasteiger partial charge in [-0.3, -0.25) is 4.79 Å². The molecule has 0 aliphatic carbocycles. The Kier molecular flexibility index (Phi) is 4.00. The normalized spacial score (nSPS) is 9.86. The van der Waals surface area contributed by atoms with Gasteiger partial charge in [-0.2, -0.15) is 4.98 Å². The summed E-state index contributed by atoms with van der Waals surface area (Å²) in [7, 11) is 1.53. The van der Waals surface area contributed by atoms with Crippen LogP contribution in [0.25, 0.3) is 0 Å². The quantitative estimate of drug-likeness (QED) is 0.689. The van der Waals surface area contributed by atoms with Crippen molar-refractivity contribution in [2.75, 3.05) is 13.7 Å². The number of nitrogens with zero attached hydrogens (tertiary/aromatic N) is 2. The third-order valence-corrected chi connectivity index (χ3v) is 1.43. The number of hydrogen-bond donors (Lipinski definition) is 0. The minimum atomic E-state index is -0.0205. The van der Waals surface area contributed by atoms with Crippen LogP contribution < -0.4 is 4.74 Å². The summed E-state index contributed by atoms with van der Waals surface area (Å²) < 4.78 is 9.96. The summed E-state index contributed by atoms with van der Waals surface area (Å²) in [6.07, 6.45) is 1.58. The van der Waals surface area contributed by atoms with E-state index in [4.69, 9.17) is 9.47 Å². The van der Waals surface area contributed by atoms with Gasteiger partial charge < -0.3 is 9.47 Å². The second-order valence-electron chi connectivity index (χ2n) is 2.71. The highest BCUT2D eigenvalue weighted by Gasteiger charge is 2.00. The van der Waals surface area contributed by atoms with Crippen molar-refractivity contribution in [1.29, 1.82) is 0 Å². The zero-order chi connectivity index (χ0) is 10.4. The summed E-state index contributed by atoms with van der Waals surface area (Å²) in [5.74, 6) is 0.972. The summed E-state index contributed by atoms with van der Waals surface area (Å²) in [6.45, 7) is 1.77. The predicted molar refractivity (Wildman–Crippen MR) is 48.9 cm³/mol. The molecule has 1 heterocycles. The van der Waals surface area contributed by atoms with E-state index in [1.807, 2.05) is 0 Å². The first-order chi connectivity index (χ1) is 6.72. The number of ketones is 1. The molecular weight excluding hydrogens is 184 g/mol. The second-order valence-corrected chi connectivity index (χ2v) is 2.71. The first-order valence-electron chi connectivity index (χ1n) is 4.15. The number of Topliss-reactive ketones (excluding diaryl/α,β-unsaturated/α-hetero) is 1. The van der Waals surface area contributed by atoms with Crippen LogP contribution in [-0.2, 0) is 16.1 Å². The van der Waals surface area contributed by atoms with Gasteiger partial charge in [0.2, 0.25) is 5.88 Å². The molecule has 5 nitrogen and oxygen atoms in total. The molecule has 0 atom stereocenters. The van der Waals surface area contributed by atoms with Crippen LogP contribution in [0.4, 0.5) is 0 Å². The van der Waals surface area contributed by atoms with Gasteiger partial charge in [-0.1, -0.05) is 0 Å². The largest absolute Gasteiger partial charge is 0.481 e. The van der Waals surface area contributed by atoms with E-state index in [0.29, 0.717) is 11.7 Å². The monoisotopic (exact) mass is 196 g/mol. The molecule has 0 unspecified atom stereocenters. The molecule has 0 aliphatic heterocycles. The Morgan fingerprint density at radius 1 is 1.57 bits per heavy atom. The van der Waals surface area contributed by atoms with Crippen molar-refractivity contribution in [2.24, 2.45) is 0 Å². The average Bonchev–Trinajstić information content (AvgIpc) is 2.18. The smallest absolute Gasteiger partial charge is 0.216 e. The van der Waals surface area contributed by atoms with Crippen molar-refractivity contribution in [3.8, 4) is 5.88 Å². The maximum Gasteiger partial charge on any atom is 0.216 e. The molecule has 0 aliphatic rings. The molecule has 0 N–H and O–H groups in total. The first-order valence-corrected chi connectivity index (χ1v) is 4.15. The molecule has 14 heavy (non-hydrogen) atoms. The molecule has 0 saturated heterocycles. The third-order valence-electron chi connectivity index (χ3n) is 1.43. The van der Waals surface area contributed by atoms with Crippen LogP contribution >= 0.6 is 0 Å². The summed E-state index contributed by atoms with van der Waals surface area (Å²) in [5, 5.41) is 0. The number of hydrogen-bond acceptors (Lipinski definition) is 5. The Hall–Kier alpha value is -1.49. The molecule has 0 aromatic carbocycles. The maximum absolute atomic E-state index is 10.6. The fourth-order valence-corrected chi connectivity index (χ4v) is 0.850. The van der Waals surface area contributed by atoms with Crippen molar-refractivity contribution in [1.82, 2.24) is 9.97 Å². The molecule has 1 rings (SSSR count). The fraction of sp³-hybridized carbons (Fsp3) is 0.444. The summed E-state index contributed by atoms with van der Waals surface area (Å²) in [6, 6.07) is 1.65. The Morgan fingerprint density at radius 3 is 3.00 bits per heavy atom. The van der Waals surface area contributed by atoms with Gasteiger partial charge in [0.15, 0.2) is 11.6 Å². The van der Waals surface area contributed by atoms with Gasteiger partial charge in [0, 0.05) is 12.3 Å². The van der Waals surface area contributed by atoms with Crippen molar-refractivity contribution in [3.05, 3.63) is 18.1 Å². The first kappa shape index (κ1) is 10.6. The lowest BCUT2D eigenvalue weighted by Gasteiger charge is -2.02. The molecule has 76 valence electrons. The van der Waals surface area contributed by atoms with Crippen LogP contribution in [-0.4, -0.2) is 29.5 Å². The lowest BCUT2D eigenvalue weighted by atomic mass is 10.5. The van der Waals surface area contributed by atoms with E-state index in [9.17, 15) is 4.79 Å². The van der Waals surface area contributed by atoms with Crippen molar-refractivity contribution < 1.29 is 14.3 Å². The van der Waals surface area contributed by atoms with Crippen molar-refractivity contribution in [2.45, 2.75) is 13.5 Å². The van der Waals surface area contributed by atoms with E-state index in [1.54, 1.807) is 12.3 Å². The Morgan fingerprint density at radius 2 is 2.36 bits per heavy atom. The zero-order valence-electron chi connectivity index (χ0n) is 8.19. The molecule has 1 aromatic rings. The second kappa shape index (κ2) is 5.29. The molecule has 0 radical (unpaired) electrons. The molecule has 0 amide bonds. The highest BCUT2D eigenvalue weighted by atomic mass is 16.5. The van der Waals surface area contributed by atoms with Crippen LogP contribution in [0.3, 0.4) is 0 Å². The zero-order valence-corrected chi connectivity index (χ0v) is 8.19. The van der Waals surface area contributed by atoms with E-state index in [0.717, 1.165) is 0 Å². The topological polar surface area (TPSA) is 61.3 Å². The van der Waals surface area contributed by atoms with Gasteiger partial charge in [0.25, 0.3) is 0 Å². The van der Waals surface area contributed by atoms with Crippen molar-refractivity contribution >= 4 is 5.78 Å². The van der Waals surface area contributed by atoms with E-state index in [2.05, 4.69) is 9.97 Å². The number of carbonyl (C=O) groups is 1. The van der Waals surface area contributed by atoms with Gasteiger partial charge in [0.1, 0.15) is 13.2 Å². The lowest BCUT2D eigenvalue weighted by molar-refractivity contribution is -0.121. The highest BCUT2D eigenvalue weighted by Crippen LogP contribution is 2.04. The minimum Gasteiger partial charge on any atom is -0.481 e. The Bertz CT molecular complexity index is 315. The van der Waals surface area contributed by atoms with Crippen LogP contribution in [0.2, 0.25) is 0 Å². The van der Waals surface area contributed by atoms with E-state index >= 15 is 0 Å². The third kappa shape index (κ3) is 3.49. The van der Waals surface area contributed by atoms with Gasteiger partial charge in [-0.25, -0.2) is 4.98 Å². The van der Waals surface area contributed by atoms with Gasteiger partial charge >= 0.3 is 0 Å². The minimum absolute atomic E-state index is 0.0205. The number of rotatable bonds is 5. The van der Waals surface area contributed by atoms with E-state index < -0.39 is 0 Å². The number of aromatic nitrogens is 2. The van der Waals surface area contributed by atoms with E-state index in [-0.39, 0.29) is 19.0 Å². The molecule has 1 aromatic heterocycles. The van der Waals surface area contributed by atoms with Gasteiger partial charge in [0.05, 0.1) is 7.11 Å². The van der Waals surface area contributed by atoms with Crippen molar-refractivity contribution in [3.63, 3.8) is 0 Å². The van der Waals surface area contributed by atoms with Crippen LogP contribution in [0.1, 0.15) is 12.7 Å². The van der Waals surface area contributed by atoms with E-state index in [1.165, 1.54) is 14.0 Å². The van der Waals surface area contributed by atoms with Crippen LogP contribution in [0.5, 0.6) is 5.88 Å². The number of carbonyl (C=O) groups excluding carboxylic acids is 1. The number of methoxy groups -OCH3 is 1. The highest BCUT2D eigenvalue weighted by molar-refractivity contribution is 5.76. The Labute approximate surface area is 82.1 Å². The molecular formula is C9H12N2O3. The number of ether oxygens (including phenoxy) is 2.